The molecule has 1 aromatic rings. The second-order valence-corrected chi connectivity index (χ2v) is 7.00. The third kappa shape index (κ3) is 4.96. The summed E-state index contributed by atoms with van der Waals surface area (Å²) in [5.74, 6) is 0.589. The second kappa shape index (κ2) is 6.37. The van der Waals surface area contributed by atoms with E-state index in [0.717, 1.165) is 22.5 Å². The largest absolute Gasteiger partial charge is 0.444 e. The van der Waals surface area contributed by atoms with Crippen molar-refractivity contribution in [1.82, 2.24) is 0 Å². The molecule has 0 aliphatic rings. The summed E-state index contributed by atoms with van der Waals surface area (Å²) in [5.41, 5.74) is 9.37. The molecule has 3 N–H and O–H groups in total. The molecule has 0 unspecified atom stereocenters. The lowest BCUT2D eigenvalue weighted by atomic mass is 9.92. The van der Waals surface area contributed by atoms with E-state index in [2.05, 4.69) is 33.0 Å². The molecule has 0 saturated carbocycles. The first-order chi connectivity index (χ1) is 9.51. The molecular weight excluding hydrogens is 264 g/mol. The summed E-state index contributed by atoms with van der Waals surface area (Å²) >= 11 is 0. The zero-order valence-electron chi connectivity index (χ0n) is 14.2. The molecule has 118 valence electrons. The van der Waals surface area contributed by atoms with Crippen LogP contribution in [0, 0.1) is 0 Å². The summed E-state index contributed by atoms with van der Waals surface area (Å²) < 4.78 is 5.29. The maximum absolute atomic E-state index is 11.9. The van der Waals surface area contributed by atoms with Gasteiger partial charge in [0.2, 0.25) is 0 Å². The lowest BCUT2D eigenvalue weighted by Gasteiger charge is -2.22. The van der Waals surface area contributed by atoms with E-state index in [1.54, 1.807) is 0 Å². The summed E-state index contributed by atoms with van der Waals surface area (Å²) in [7, 11) is 0. The molecule has 0 radical (unpaired) electrons. The number of ether oxygens (including phenoxy) is 1. The molecule has 1 rings (SSSR count). The first-order valence-corrected chi connectivity index (χ1v) is 7.44. The molecule has 4 nitrogen and oxygen atoms in total. The van der Waals surface area contributed by atoms with Crippen LogP contribution in [0.3, 0.4) is 0 Å². The normalized spacial score (nSPS) is 11.9. The number of hydrogen-bond acceptors (Lipinski definition) is 3. The molecular formula is C17H28N2O2. The van der Waals surface area contributed by atoms with Crippen molar-refractivity contribution in [2.75, 3.05) is 11.1 Å². The fourth-order valence-electron chi connectivity index (χ4n) is 2.15. The number of benzene rings is 1. The van der Waals surface area contributed by atoms with Crippen molar-refractivity contribution in [2.45, 2.75) is 65.9 Å². The molecule has 0 saturated heterocycles. The van der Waals surface area contributed by atoms with Crippen LogP contribution in [0.2, 0.25) is 0 Å². The smallest absolute Gasteiger partial charge is 0.412 e. The van der Waals surface area contributed by atoms with Gasteiger partial charge in [0, 0.05) is 11.4 Å². The number of amides is 1. The number of nitrogens with one attached hydrogen (secondary N) is 1. The van der Waals surface area contributed by atoms with Crippen LogP contribution < -0.4 is 11.1 Å². The standard InChI is InChI=1S/C17H28N2O2/c1-10(2)13-8-12(9-14(11(3)4)15(13)18)19-16(20)21-17(5,6)7/h8-11H,18H2,1-7H3,(H,19,20). The van der Waals surface area contributed by atoms with Crippen LogP contribution in [-0.4, -0.2) is 11.7 Å². The third-order valence-corrected chi connectivity index (χ3v) is 3.13. The van der Waals surface area contributed by atoms with Gasteiger partial charge in [0.25, 0.3) is 0 Å². The average molecular weight is 292 g/mol. The van der Waals surface area contributed by atoms with Crippen molar-refractivity contribution in [3.8, 4) is 0 Å². The molecule has 1 amide bonds. The van der Waals surface area contributed by atoms with Gasteiger partial charge in [0.1, 0.15) is 5.60 Å². The van der Waals surface area contributed by atoms with Crippen LogP contribution in [0.25, 0.3) is 0 Å². The molecule has 0 fully saturated rings. The maximum atomic E-state index is 11.9. The van der Waals surface area contributed by atoms with Crippen molar-refractivity contribution in [1.29, 1.82) is 0 Å². The minimum absolute atomic E-state index is 0.294. The highest BCUT2D eigenvalue weighted by molar-refractivity contribution is 5.86. The third-order valence-electron chi connectivity index (χ3n) is 3.13. The molecule has 0 bridgehead atoms. The zero-order chi connectivity index (χ0) is 16.4. The van der Waals surface area contributed by atoms with Gasteiger partial charge >= 0.3 is 6.09 Å². The van der Waals surface area contributed by atoms with E-state index in [1.807, 2.05) is 32.9 Å². The van der Waals surface area contributed by atoms with E-state index in [0.29, 0.717) is 11.8 Å². The minimum Gasteiger partial charge on any atom is -0.444 e. The van der Waals surface area contributed by atoms with Crippen molar-refractivity contribution in [2.24, 2.45) is 0 Å². The summed E-state index contributed by atoms with van der Waals surface area (Å²) in [5, 5.41) is 2.80. The highest BCUT2D eigenvalue weighted by Gasteiger charge is 2.18. The Labute approximate surface area is 128 Å². The fourth-order valence-corrected chi connectivity index (χ4v) is 2.15. The number of nitrogen functional groups attached to an aromatic ring is 1. The predicted octanol–water partition coefficient (Wildman–Crippen LogP) is 4.86. The molecule has 4 heteroatoms. The monoisotopic (exact) mass is 292 g/mol. The number of carbonyl (C=O) groups excluding carboxylic acids is 1. The van der Waals surface area contributed by atoms with E-state index in [-0.39, 0.29) is 0 Å². The Kier molecular flexibility index (Phi) is 5.26. The first kappa shape index (κ1) is 17.3. The number of carbonyl (C=O) groups is 1. The summed E-state index contributed by atoms with van der Waals surface area (Å²) in [4.78, 5) is 11.9. The Morgan fingerprint density at radius 3 is 1.86 bits per heavy atom. The van der Waals surface area contributed by atoms with Crippen LogP contribution >= 0.6 is 0 Å². The van der Waals surface area contributed by atoms with Gasteiger partial charge in [-0.15, -0.1) is 0 Å². The van der Waals surface area contributed by atoms with Crippen molar-refractivity contribution < 1.29 is 9.53 Å². The number of hydrogen-bond donors (Lipinski definition) is 2. The van der Waals surface area contributed by atoms with Gasteiger partial charge in [-0.05, 0) is 55.9 Å². The zero-order valence-corrected chi connectivity index (χ0v) is 14.2. The van der Waals surface area contributed by atoms with Gasteiger partial charge in [-0.1, -0.05) is 27.7 Å². The van der Waals surface area contributed by atoms with Crippen LogP contribution in [0.15, 0.2) is 12.1 Å². The van der Waals surface area contributed by atoms with Crippen LogP contribution in [0.1, 0.15) is 71.4 Å². The van der Waals surface area contributed by atoms with Gasteiger partial charge in [0.05, 0.1) is 0 Å². The average Bonchev–Trinajstić information content (AvgIpc) is 2.27. The molecule has 0 heterocycles. The summed E-state index contributed by atoms with van der Waals surface area (Å²) in [6.07, 6.45) is -0.448. The SMILES string of the molecule is CC(C)c1cc(NC(=O)OC(C)(C)C)cc(C(C)C)c1N. The molecule has 0 atom stereocenters. The number of rotatable bonds is 3. The highest BCUT2D eigenvalue weighted by Crippen LogP contribution is 2.33. The molecule has 1 aromatic carbocycles. The molecule has 0 spiro atoms. The van der Waals surface area contributed by atoms with Gasteiger partial charge in [0.15, 0.2) is 0 Å². The summed E-state index contributed by atoms with van der Waals surface area (Å²) in [6, 6.07) is 3.85. The van der Waals surface area contributed by atoms with E-state index < -0.39 is 11.7 Å². The Morgan fingerprint density at radius 2 is 1.52 bits per heavy atom. The van der Waals surface area contributed by atoms with Gasteiger partial charge < -0.3 is 10.5 Å². The second-order valence-electron chi connectivity index (χ2n) is 7.00. The Balaban J connectivity index is 3.11. The fraction of sp³-hybridized carbons (Fsp3) is 0.588. The number of anilines is 2. The Bertz CT molecular complexity index is 485. The van der Waals surface area contributed by atoms with E-state index in [9.17, 15) is 4.79 Å². The van der Waals surface area contributed by atoms with Crippen LogP contribution in [0.5, 0.6) is 0 Å². The van der Waals surface area contributed by atoms with Gasteiger partial charge in [-0.3, -0.25) is 5.32 Å². The van der Waals surface area contributed by atoms with E-state index >= 15 is 0 Å². The van der Waals surface area contributed by atoms with Crippen LogP contribution in [-0.2, 0) is 4.74 Å². The molecule has 0 aliphatic carbocycles. The molecule has 0 aromatic heterocycles. The Morgan fingerprint density at radius 1 is 1.10 bits per heavy atom. The van der Waals surface area contributed by atoms with E-state index in [4.69, 9.17) is 10.5 Å². The van der Waals surface area contributed by atoms with Gasteiger partial charge in [-0.25, -0.2) is 4.79 Å². The summed E-state index contributed by atoms with van der Waals surface area (Å²) in [6.45, 7) is 13.9. The molecule has 0 aliphatic heterocycles. The predicted molar refractivity (Wildman–Crippen MR) is 88.9 cm³/mol. The minimum atomic E-state index is -0.514. The quantitative estimate of drug-likeness (QED) is 0.782. The Hall–Kier alpha value is -1.71. The van der Waals surface area contributed by atoms with Crippen molar-refractivity contribution in [3.63, 3.8) is 0 Å². The van der Waals surface area contributed by atoms with Crippen LogP contribution in [0.4, 0.5) is 16.2 Å². The highest BCUT2D eigenvalue weighted by atomic mass is 16.6. The molecule has 21 heavy (non-hydrogen) atoms. The topological polar surface area (TPSA) is 64.3 Å². The van der Waals surface area contributed by atoms with Crippen molar-refractivity contribution >= 4 is 17.5 Å². The van der Waals surface area contributed by atoms with Gasteiger partial charge in [-0.2, -0.15) is 0 Å². The maximum Gasteiger partial charge on any atom is 0.412 e. The lowest BCUT2D eigenvalue weighted by Crippen LogP contribution is -2.27. The number of nitrogens with two attached hydrogens (primary N) is 1. The van der Waals surface area contributed by atoms with Crippen molar-refractivity contribution in [3.05, 3.63) is 23.3 Å². The van der Waals surface area contributed by atoms with E-state index in [1.165, 1.54) is 0 Å². The lowest BCUT2D eigenvalue weighted by molar-refractivity contribution is 0.0636. The first-order valence-electron chi connectivity index (χ1n) is 7.44.